The Bertz CT molecular complexity index is 673. The van der Waals surface area contributed by atoms with E-state index in [0.29, 0.717) is 11.2 Å². The van der Waals surface area contributed by atoms with Crippen LogP contribution in [0.5, 0.6) is 0 Å². The van der Waals surface area contributed by atoms with Crippen LogP contribution in [0.3, 0.4) is 0 Å². The monoisotopic (exact) mass is 333 g/mol. The maximum Gasteiger partial charge on any atom is 0.350 e. The van der Waals surface area contributed by atoms with Crippen LogP contribution in [0.4, 0.5) is 5.82 Å². The first-order valence-corrected chi connectivity index (χ1v) is 8.04. The Morgan fingerprint density at radius 1 is 1.36 bits per heavy atom. The summed E-state index contributed by atoms with van der Waals surface area (Å²) in [5.74, 6) is 0.206. The van der Waals surface area contributed by atoms with Gasteiger partial charge in [-0.1, -0.05) is 0 Å². The second-order valence-corrected chi connectivity index (χ2v) is 5.99. The third-order valence-electron chi connectivity index (χ3n) is 2.64. The first kappa shape index (κ1) is 16.6. The lowest BCUT2D eigenvalue weighted by Gasteiger charge is -2.16. The molecule has 12 heteroatoms. The number of aromatic nitrogens is 4. The molecule has 11 nitrogen and oxygen atoms in total. The fourth-order valence-corrected chi connectivity index (χ4v) is 2.01. The highest BCUT2D eigenvalue weighted by molar-refractivity contribution is 7.51. The molecule has 0 saturated heterocycles. The van der Waals surface area contributed by atoms with Gasteiger partial charge in [-0.15, -0.1) is 0 Å². The standard InChI is InChI=1S/C10H16N5O6P/c11-9-8-10(13-4-12-9)15(5-14-8)21-7(3-16)1-2-20-6-22(17,18)19/h4-5,7,16H,1-3,6H2,(H2,11,12,13)(H2,17,18,19). The summed E-state index contributed by atoms with van der Waals surface area (Å²) in [7, 11) is -4.20. The van der Waals surface area contributed by atoms with Crippen molar-refractivity contribution in [1.29, 1.82) is 0 Å². The molecule has 0 saturated carbocycles. The van der Waals surface area contributed by atoms with Gasteiger partial charge in [0, 0.05) is 6.42 Å². The lowest BCUT2D eigenvalue weighted by molar-refractivity contribution is -0.0123. The maximum atomic E-state index is 10.6. The predicted octanol–water partition coefficient (Wildman–Crippen LogP) is -1.26. The summed E-state index contributed by atoms with van der Waals surface area (Å²) in [5, 5.41) is 9.29. The van der Waals surface area contributed by atoms with Crippen LogP contribution in [0.1, 0.15) is 6.42 Å². The second kappa shape index (κ2) is 6.99. The zero-order valence-corrected chi connectivity index (χ0v) is 12.3. The molecule has 2 aromatic heterocycles. The lowest BCUT2D eigenvalue weighted by Crippen LogP contribution is -2.29. The molecule has 1 unspecified atom stereocenters. The molecule has 5 N–H and O–H groups in total. The third kappa shape index (κ3) is 4.36. The Morgan fingerprint density at radius 3 is 2.82 bits per heavy atom. The highest BCUT2D eigenvalue weighted by atomic mass is 31.2. The normalized spacial score (nSPS) is 13.4. The van der Waals surface area contributed by atoms with Crippen LogP contribution in [-0.2, 0) is 9.30 Å². The molecule has 0 aliphatic rings. The van der Waals surface area contributed by atoms with Crippen molar-refractivity contribution in [2.45, 2.75) is 12.5 Å². The summed E-state index contributed by atoms with van der Waals surface area (Å²) in [6, 6.07) is 0. The van der Waals surface area contributed by atoms with E-state index in [4.69, 9.17) is 25.1 Å². The van der Waals surface area contributed by atoms with E-state index in [1.807, 2.05) is 0 Å². The first-order chi connectivity index (χ1) is 10.4. The number of aliphatic hydroxyl groups excluding tert-OH is 1. The van der Waals surface area contributed by atoms with Crippen molar-refractivity contribution in [2.24, 2.45) is 0 Å². The van der Waals surface area contributed by atoms with Gasteiger partial charge >= 0.3 is 7.60 Å². The van der Waals surface area contributed by atoms with Gasteiger partial charge in [0.15, 0.2) is 17.4 Å². The first-order valence-electron chi connectivity index (χ1n) is 6.24. The minimum atomic E-state index is -4.20. The van der Waals surface area contributed by atoms with Crippen LogP contribution in [0, 0.1) is 0 Å². The number of hydrogen-bond donors (Lipinski definition) is 4. The summed E-state index contributed by atoms with van der Waals surface area (Å²) in [4.78, 5) is 34.6. The Hall–Kier alpha value is -1.78. The van der Waals surface area contributed by atoms with E-state index in [9.17, 15) is 9.67 Å². The zero-order valence-electron chi connectivity index (χ0n) is 11.4. The molecular formula is C10H16N5O6P. The zero-order chi connectivity index (χ0) is 16.2. The topological polar surface area (TPSA) is 166 Å². The second-order valence-electron chi connectivity index (χ2n) is 4.40. The molecule has 2 rings (SSSR count). The Balaban J connectivity index is 1.94. The molecule has 2 heterocycles. The van der Waals surface area contributed by atoms with Crippen molar-refractivity contribution in [1.82, 2.24) is 19.7 Å². The average Bonchev–Trinajstić information content (AvgIpc) is 2.85. The number of fused-ring (bicyclic) bond motifs is 1. The molecule has 22 heavy (non-hydrogen) atoms. The number of ether oxygens (including phenoxy) is 1. The molecule has 0 radical (unpaired) electrons. The van der Waals surface area contributed by atoms with Crippen LogP contribution in [0.15, 0.2) is 12.7 Å². The van der Waals surface area contributed by atoms with E-state index < -0.39 is 20.0 Å². The summed E-state index contributed by atoms with van der Waals surface area (Å²) in [5.41, 5.74) is 6.37. The van der Waals surface area contributed by atoms with E-state index in [-0.39, 0.29) is 25.5 Å². The van der Waals surface area contributed by atoms with Gasteiger partial charge in [-0.25, -0.2) is 15.0 Å². The molecule has 1 atom stereocenters. The van der Waals surface area contributed by atoms with Gasteiger partial charge in [0.05, 0.1) is 13.2 Å². The van der Waals surface area contributed by atoms with Gasteiger partial charge in [-0.05, 0) is 0 Å². The molecule has 2 aromatic rings. The van der Waals surface area contributed by atoms with Crippen molar-refractivity contribution in [3.8, 4) is 0 Å². The fourth-order valence-electron chi connectivity index (χ4n) is 1.65. The van der Waals surface area contributed by atoms with Gasteiger partial charge < -0.3 is 30.2 Å². The molecular weight excluding hydrogens is 317 g/mol. The summed E-state index contributed by atoms with van der Waals surface area (Å²) < 4.78 is 16.7. The number of aliphatic hydroxyl groups is 1. The Labute approximate surface area is 124 Å². The third-order valence-corrected chi connectivity index (χ3v) is 3.16. The van der Waals surface area contributed by atoms with Crippen molar-refractivity contribution in [2.75, 3.05) is 25.3 Å². The summed E-state index contributed by atoms with van der Waals surface area (Å²) in [6.45, 7) is -0.306. The van der Waals surface area contributed by atoms with Crippen LogP contribution in [-0.4, -0.2) is 60.2 Å². The Kier molecular flexibility index (Phi) is 5.27. The maximum absolute atomic E-state index is 10.6. The van der Waals surface area contributed by atoms with E-state index in [0.717, 1.165) is 0 Å². The smallest absolute Gasteiger partial charge is 0.350 e. The van der Waals surface area contributed by atoms with Crippen LogP contribution in [0.25, 0.3) is 11.2 Å². The number of anilines is 1. The molecule has 0 aromatic carbocycles. The van der Waals surface area contributed by atoms with E-state index in [2.05, 4.69) is 15.0 Å². The number of nitrogen functional groups attached to an aromatic ring is 1. The molecule has 0 aliphatic carbocycles. The van der Waals surface area contributed by atoms with E-state index >= 15 is 0 Å². The van der Waals surface area contributed by atoms with Crippen molar-refractivity contribution < 1.29 is 29.0 Å². The number of hydrogen-bond acceptors (Lipinski definition) is 8. The highest BCUT2D eigenvalue weighted by Gasteiger charge is 2.16. The molecule has 0 spiro atoms. The van der Waals surface area contributed by atoms with Gasteiger partial charge in [-0.2, -0.15) is 4.73 Å². The minimum absolute atomic E-state index is 0.0140. The van der Waals surface area contributed by atoms with Gasteiger partial charge in [0.2, 0.25) is 5.65 Å². The van der Waals surface area contributed by atoms with E-state index in [1.54, 1.807) is 0 Å². The number of nitrogens with two attached hydrogens (primary N) is 1. The SMILES string of the molecule is Nc1ncnc2c1ncn2OC(CO)CCOCP(=O)(O)O. The molecule has 0 fully saturated rings. The van der Waals surface area contributed by atoms with Crippen LogP contribution < -0.4 is 10.6 Å². The highest BCUT2D eigenvalue weighted by Crippen LogP contribution is 2.33. The van der Waals surface area contributed by atoms with Gasteiger partial charge in [-0.3, -0.25) is 4.57 Å². The average molecular weight is 333 g/mol. The van der Waals surface area contributed by atoms with Crippen molar-refractivity contribution in [3.63, 3.8) is 0 Å². The number of imidazole rings is 1. The molecule has 0 bridgehead atoms. The summed E-state index contributed by atoms with van der Waals surface area (Å²) in [6.07, 6.45) is 1.48. The van der Waals surface area contributed by atoms with Crippen LogP contribution in [0.2, 0.25) is 0 Å². The van der Waals surface area contributed by atoms with Gasteiger partial charge in [0.25, 0.3) is 0 Å². The molecule has 0 aliphatic heterocycles. The lowest BCUT2D eigenvalue weighted by atomic mass is 10.3. The quantitative estimate of drug-likeness (QED) is 0.338. The van der Waals surface area contributed by atoms with Crippen molar-refractivity contribution >= 4 is 24.6 Å². The minimum Gasteiger partial charge on any atom is -0.405 e. The number of nitrogens with zero attached hydrogens (tertiary/aromatic N) is 4. The van der Waals surface area contributed by atoms with E-state index in [1.165, 1.54) is 17.4 Å². The predicted molar refractivity (Wildman–Crippen MR) is 74.7 cm³/mol. The largest absolute Gasteiger partial charge is 0.405 e. The summed E-state index contributed by atoms with van der Waals surface area (Å²) >= 11 is 0. The van der Waals surface area contributed by atoms with Gasteiger partial charge in [0.1, 0.15) is 19.0 Å². The molecule has 122 valence electrons. The van der Waals surface area contributed by atoms with Crippen molar-refractivity contribution in [3.05, 3.63) is 12.7 Å². The molecule has 0 amide bonds. The Morgan fingerprint density at radius 2 is 2.14 bits per heavy atom. The number of rotatable bonds is 8. The fraction of sp³-hybridized carbons (Fsp3) is 0.500. The van der Waals surface area contributed by atoms with Crippen LogP contribution >= 0.6 is 7.60 Å².